The molecule has 3 nitrogen and oxygen atoms in total. The summed E-state index contributed by atoms with van der Waals surface area (Å²) in [5.41, 5.74) is 8.43. The maximum absolute atomic E-state index is 5.68. The van der Waals surface area contributed by atoms with Crippen molar-refractivity contribution in [1.82, 2.24) is 4.90 Å². The van der Waals surface area contributed by atoms with E-state index < -0.39 is 0 Å². The molecule has 2 unspecified atom stereocenters. The number of methoxy groups -OCH3 is 2. The van der Waals surface area contributed by atoms with E-state index in [0.717, 1.165) is 37.4 Å². The first-order valence-corrected chi connectivity index (χ1v) is 10.8. The highest BCUT2D eigenvalue weighted by Crippen LogP contribution is 2.47. The van der Waals surface area contributed by atoms with Crippen LogP contribution in [-0.4, -0.2) is 25.2 Å². The van der Waals surface area contributed by atoms with Crippen molar-refractivity contribution in [3.8, 4) is 11.5 Å². The molecule has 30 heavy (non-hydrogen) atoms. The van der Waals surface area contributed by atoms with E-state index in [1.807, 2.05) is 0 Å². The van der Waals surface area contributed by atoms with E-state index in [0.29, 0.717) is 12.0 Å². The summed E-state index contributed by atoms with van der Waals surface area (Å²) < 4.78 is 11.3. The quantitative estimate of drug-likeness (QED) is 0.580. The van der Waals surface area contributed by atoms with Gasteiger partial charge in [0.15, 0.2) is 11.5 Å². The monoisotopic (exact) mass is 399 g/mol. The van der Waals surface area contributed by atoms with Crippen molar-refractivity contribution in [2.24, 2.45) is 0 Å². The van der Waals surface area contributed by atoms with Gasteiger partial charge in [-0.3, -0.25) is 4.90 Å². The second kappa shape index (κ2) is 7.81. The lowest BCUT2D eigenvalue weighted by Gasteiger charge is -2.46. The number of fused-ring (bicyclic) bond motifs is 5. The van der Waals surface area contributed by atoms with E-state index in [1.54, 1.807) is 14.2 Å². The molecule has 0 radical (unpaired) electrons. The summed E-state index contributed by atoms with van der Waals surface area (Å²) in [6, 6.07) is 22.7. The minimum atomic E-state index is 0.362. The van der Waals surface area contributed by atoms with Crippen LogP contribution in [0.1, 0.15) is 45.7 Å². The number of rotatable bonds is 4. The fraction of sp³-hybridized carbons (Fsp3) is 0.333. The maximum Gasteiger partial charge on any atom is 0.161 e. The standard InChI is InChI=1S/C27H29NO2/c1-18-9-10-21-17-28(16-19-7-5-4-6-8-19)24-12-11-20-14-25(29-2)26(30-3)15-23(20)27(24)22(21)13-18/h4-10,13-15,24,27H,11-12,16-17H2,1-3H3. The van der Waals surface area contributed by atoms with Crippen molar-refractivity contribution < 1.29 is 9.47 Å². The largest absolute Gasteiger partial charge is 0.493 e. The van der Waals surface area contributed by atoms with Crippen LogP contribution in [-0.2, 0) is 19.5 Å². The van der Waals surface area contributed by atoms with Crippen LogP contribution in [0.15, 0.2) is 60.7 Å². The average molecular weight is 400 g/mol. The van der Waals surface area contributed by atoms with Crippen LogP contribution >= 0.6 is 0 Å². The molecule has 1 aliphatic heterocycles. The van der Waals surface area contributed by atoms with Gasteiger partial charge in [0.1, 0.15) is 0 Å². The SMILES string of the molecule is COc1cc2c(cc1OC)C1c3cc(C)ccc3CN(Cc3ccccc3)C1CC2. The predicted octanol–water partition coefficient (Wildman–Crippen LogP) is 5.47. The van der Waals surface area contributed by atoms with Crippen LogP contribution in [0.2, 0.25) is 0 Å². The van der Waals surface area contributed by atoms with Crippen molar-refractivity contribution in [2.45, 2.75) is 44.8 Å². The lowest BCUT2D eigenvalue weighted by atomic mass is 9.71. The van der Waals surface area contributed by atoms with Gasteiger partial charge in [0, 0.05) is 25.0 Å². The number of hydrogen-bond acceptors (Lipinski definition) is 3. The van der Waals surface area contributed by atoms with Crippen molar-refractivity contribution in [3.63, 3.8) is 0 Å². The second-order valence-electron chi connectivity index (χ2n) is 8.58. The zero-order valence-corrected chi connectivity index (χ0v) is 18.0. The van der Waals surface area contributed by atoms with Crippen LogP contribution in [0, 0.1) is 6.92 Å². The Kier molecular flexibility index (Phi) is 5.00. The summed E-state index contributed by atoms with van der Waals surface area (Å²) in [5.74, 6) is 2.02. The molecule has 1 heterocycles. The van der Waals surface area contributed by atoms with Crippen LogP contribution in [0.5, 0.6) is 11.5 Å². The Bertz CT molecular complexity index is 1060. The predicted molar refractivity (Wildman–Crippen MR) is 120 cm³/mol. The molecule has 0 saturated carbocycles. The Morgan fingerprint density at radius 2 is 1.60 bits per heavy atom. The van der Waals surface area contributed by atoms with E-state index in [9.17, 15) is 0 Å². The molecule has 0 spiro atoms. The van der Waals surface area contributed by atoms with E-state index in [2.05, 4.69) is 72.5 Å². The minimum absolute atomic E-state index is 0.362. The third-order valence-corrected chi connectivity index (χ3v) is 6.78. The Morgan fingerprint density at radius 3 is 2.37 bits per heavy atom. The van der Waals surface area contributed by atoms with Gasteiger partial charge < -0.3 is 9.47 Å². The topological polar surface area (TPSA) is 21.7 Å². The summed E-state index contributed by atoms with van der Waals surface area (Å²) in [6.07, 6.45) is 2.23. The molecule has 154 valence electrons. The molecule has 2 atom stereocenters. The van der Waals surface area contributed by atoms with E-state index in [4.69, 9.17) is 9.47 Å². The summed E-state index contributed by atoms with van der Waals surface area (Å²) in [6.45, 7) is 4.19. The molecule has 3 heteroatoms. The number of aryl methyl sites for hydroxylation is 2. The fourth-order valence-corrected chi connectivity index (χ4v) is 5.36. The number of hydrogen-bond donors (Lipinski definition) is 0. The maximum atomic E-state index is 5.68. The van der Waals surface area contributed by atoms with Gasteiger partial charge in [-0.1, -0.05) is 54.1 Å². The average Bonchev–Trinajstić information content (AvgIpc) is 2.78. The molecular formula is C27H29NO2. The lowest BCUT2D eigenvalue weighted by molar-refractivity contribution is 0.132. The van der Waals surface area contributed by atoms with Gasteiger partial charge in [-0.25, -0.2) is 0 Å². The van der Waals surface area contributed by atoms with Crippen LogP contribution in [0.25, 0.3) is 0 Å². The smallest absolute Gasteiger partial charge is 0.161 e. The third kappa shape index (κ3) is 3.27. The number of benzene rings is 3. The summed E-state index contributed by atoms with van der Waals surface area (Å²) >= 11 is 0. The Morgan fingerprint density at radius 1 is 0.867 bits per heavy atom. The normalized spacial score (nSPS) is 20.1. The zero-order chi connectivity index (χ0) is 20.7. The van der Waals surface area contributed by atoms with Crippen LogP contribution in [0.3, 0.4) is 0 Å². The molecule has 1 aliphatic carbocycles. The summed E-state index contributed by atoms with van der Waals surface area (Å²) in [4.78, 5) is 2.68. The molecular weight excluding hydrogens is 370 g/mol. The first-order valence-electron chi connectivity index (χ1n) is 10.8. The van der Waals surface area contributed by atoms with Crippen molar-refractivity contribution in [1.29, 1.82) is 0 Å². The molecule has 0 bridgehead atoms. The molecule has 0 amide bonds. The van der Waals surface area contributed by atoms with Gasteiger partial charge in [0.25, 0.3) is 0 Å². The first-order chi connectivity index (χ1) is 14.7. The molecule has 0 N–H and O–H groups in total. The second-order valence-corrected chi connectivity index (χ2v) is 8.58. The highest BCUT2D eigenvalue weighted by Gasteiger charge is 2.40. The van der Waals surface area contributed by atoms with Crippen molar-refractivity contribution >= 4 is 0 Å². The highest BCUT2D eigenvalue weighted by atomic mass is 16.5. The van der Waals surface area contributed by atoms with Crippen LogP contribution in [0.4, 0.5) is 0 Å². The van der Waals surface area contributed by atoms with Crippen molar-refractivity contribution in [2.75, 3.05) is 14.2 Å². The van der Waals surface area contributed by atoms with Crippen molar-refractivity contribution in [3.05, 3.63) is 94.0 Å². The van der Waals surface area contributed by atoms with E-state index >= 15 is 0 Å². The Labute approximate surface area is 179 Å². The Balaban J connectivity index is 1.63. The molecule has 0 aromatic heterocycles. The van der Waals surface area contributed by atoms with Gasteiger partial charge >= 0.3 is 0 Å². The minimum Gasteiger partial charge on any atom is -0.493 e. The third-order valence-electron chi connectivity index (χ3n) is 6.78. The molecule has 0 fully saturated rings. The Hall–Kier alpha value is -2.78. The molecule has 2 aliphatic rings. The van der Waals surface area contributed by atoms with Gasteiger partial charge in [0.05, 0.1) is 14.2 Å². The zero-order valence-electron chi connectivity index (χ0n) is 18.0. The van der Waals surface area contributed by atoms with E-state index in [1.165, 1.54) is 33.4 Å². The molecule has 5 rings (SSSR count). The summed E-state index contributed by atoms with van der Waals surface area (Å²) in [7, 11) is 3.45. The molecule has 3 aromatic carbocycles. The highest BCUT2D eigenvalue weighted by molar-refractivity contribution is 5.54. The van der Waals surface area contributed by atoms with Gasteiger partial charge in [0.2, 0.25) is 0 Å². The molecule has 3 aromatic rings. The van der Waals surface area contributed by atoms with Gasteiger partial charge in [-0.2, -0.15) is 0 Å². The number of ether oxygens (including phenoxy) is 2. The first kappa shape index (κ1) is 19.2. The van der Waals surface area contributed by atoms with Gasteiger partial charge in [-0.15, -0.1) is 0 Å². The van der Waals surface area contributed by atoms with Crippen LogP contribution < -0.4 is 9.47 Å². The fourth-order valence-electron chi connectivity index (χ4n) is 5.36. The van der Waals surface area contributed by atoms with Gasteiger partial charge in [-0.05, 0) is 59.7 Å². The molecule has 0 saturated heterocycles. The number of nitrogens with zero attached hydrogens (tertiary/aromatic N) is 1. The lowest BCUT2D eigenvalue weighted by Crippen LogP contribution is -2.45. The summed E-state index contributed by atoms with van der Waals surface area (Å²) in [5, 5.41) is 0. The van der Waals surface area contributed by atoms with E-state index in [-0.39, 0.29) is 0 Å².